The summed E-state index contributed by atoms with van der Waals surface area (Å²) >= 11 is 1.71. The van der Waals surface area contributed by atoms with Crippen LogP contribution >= 0.6 is 11.3 Å². The van der Waals surface area contributed by atoms with Crippen molar-refractivity contribution in [3.63, 3.8) is 0 Å². The molecule has 2 aliphatic heterocycles. The highest BCUT2D eigenvalue weighted by Crippen LogP contribution is 2.26. The first-order valence-corrected chi connectivity index (χ1v) is 9.49. The van der Waals surface area contributed by atoms with Gasteiger partial charge < -0.3 is 15.1 Å². The Labute approximate surface area is 146 Å². The number of benzene rings is 1. The van der Waals surface area contributed by atoms with Crippen molar-refractivity contribution < 1.29 is 4.79 Å². The number of nitrogens with one attached hydrogen (secondary N) is 1. The maximum absolute atomic E-state index is 11.8. The largest absolute Gasteiger partial charge is 0.382 e. The highest BCUT2D eigenvalue weighted by molar-refractivity contribution is 7.13. The van der Waals surface area contributed by atoms with Gasteiger partial charge in [0.2, 0.25) is 5.91 Å². The molecule has 0 saturated carbocycles. The Balaban J connectivity index is 1.32. The number of nitrogens with zero attached hydrogens (tertiary/aromatic N) is 3. The summed E-state index contributed by atoms with van der Waals surface area (Å²) in [6.07, 6.45) is 5.75. The molecular formula is C18H22N4OS. The zero-order chi connectivity index (χ0) is 16.4. The van der Waals surface area contributed by atoms with Crippen LogP contribution in [0.3, 0.4) is 0 Å². The van der Waals surface area contributed by atoms with Crippen molar-refractivity contribution in [1.29, 1.82) is 0 Å². The third-order valence-corrected chi connectivity index (χ3v) is 5.64. The first-order chi connectivity index (χ1) is 11.8. The highest BCUT2D eigenvalue weighted by atomic mass is 32.1. The summed E-state index contributed by atoms with van der Waals surface area (Å²) in [5, 5.41) is 6.80. The van der Waals surface area contributed by atoms with Crippen LogP contribution in [-0.2, 0) is 4.79 Å². The number of aromatic nitrogens is 1. The monoisotopic (exact) mass is 342 g/mol. The zero-order valence-electron chi connectivity index (χ0n) is 13.6. The maximum atomic E-state index is 11.8. The maximum Gasteiger partial charge on any atom is 0.227 e. The van der Waals surface area contributed by atoms with Crippen LogP contribution in [0.5, 0.6) is 0 Å². The minimum Gasteiger partial charge on any atom is -0.382 e. The van der Waals surface area contributed by atoms with Gasteiger partial charge in [-0.25, -0.2) is 4.98 Å². The van der Waals surface area contributed by atoms with Crippen molar-refractivity contribution >= 4 is 33.8 Å². The predicted octanol–water partition coefficient (Wildman–Crippen LogP) is 3.35. The summed E-state index contributed by atoms with van der Waals surface area (Å²) in [7, 11) is 0. The van der Waals surface area contributed by atoms with Gasteiger partial charge in [-0.05, 0) is 43.5 Å². The Morgan fingerprint density at radius 3 is 2.54 bits per heavy atom. The van der Waals surface area contributed by atoms with E-state index in [0.717, 1.165) is 55.4 Å². The van der Waals surface area contributed by atoms with Crippen molar-refractivity contribution in [3.05, 3.63) is 35.8 Å². The average molecular weight is 342 g/mol. The molecule has 126 valence electrons. The van der Waals surface area contributed by atoms with Crippen LogP contribution in [-0.4, -0.2) is 36.6 Å². The molecule has 4 rings (SSSR count). The molecule has 24 heavy (non-hydrogen) atoms. The van der Waals surface area contributed by atoms with Gasteiger partial charge in [-0.15, -0.1) is 11.3 Å². The molecule has 0 atom stereocenters. The molecule has 1 aromatic heterocycles. The second kappa shape index (κ2) is 6.81. The Kier molecular flexibility index (Phi) is 4.38. The standard InChI is InChI=1S/C18H22N4OS/c23-17-2-1-10-22(17)16-5-3-14(4-6-16)20-15-7-11-21(12-8-15)18-19-9-13-24-18/h3-6,9,13,15,20H,1-2,7-8,10-12H2. The SMILES string of the molecule is O=C1CCCN1c1ccc(NC2CCN(c3nccs3)CC2)cc1. The van der Waals surface area contributed by atoms with Crippen LogP contribution in [0.25, 0.3) is 0 Å². The van der Waals surface area contributed by atoms with Gasteiger partial charge in [0.15, 0.2) is 5.13 Å². The smallest absolute Gasteiger partial charge is 0.227 e. The molecule has 1 amide bonds. The average Bonchev–Trinajstić information content (AvgIpc) is 3.28. The van der Waals surface area contributed by atoms with E-state index in [1.165, 1.54) is 0 Å². The van der Waals surface area contributed by atoms with E-state index in [9.17, 15) is 4.79 Å². The van der Waals surface area contributed by atoms with Crippen molar-refractivity contribution in [1.82, 2.24) is 4.98 Å². The Morgan fingerprint density at radius 1 is 1.12 bits per heavy atom. The van der Waals surface area contributed by atoms with Gasteiger partial charge in [-0.3, -0.25) is 4.79 Å². The molecule has 1 aromatic carbocycles. The highest BCUT2D eigenvalue weighted by Gasteiger charge is 2.22. The van der Waals surface area contributed by atoms with Crippen LogP contribution in [0.15, 0.2) is 35.8 Å². The Morgan fingerprint density at radius 2 is 1.92 bits per heavy atom. The van der Waals surface area contributed by atoms with E-state index >= 15 is 0 Å². The molecule has 6 heteroatoms. The van der Waals surface area contributed by atoms with Gasteiger partial charge in [0.05, 0.1) is 0 Å². The second-order valence-corrected chi connectivity index (χ2v) is 7.29. The van der Waals surface area contributed by atoms with Crippen LogP contribution in [0.2, 0.25) is 0 Å². The number of carbonyl (C=O) groups is 1. The lowest BCUT2D eigenvalue weighted by Crippen LogP contribution is -2.39. The quantitative estimate of drug-likeness (QED) is 0.926. The summed E-state index contributed by atoms with van der Waals surface area (Å²) < 4.78 is 0. The number of amides is 1. The van der Waals surface area contributed by atoms with Crippen LogP contribution < -0.4 is 15.1 Å². The Bertz CT molecular complexity index is 678. The lowest BCUT2D eigenvalue weighted by molar-refractivity contribution is -0.117. The van der Waals surface area contributed by atoms with Gasteiger partial charge in [0.25, 0.3) is 0 Å². The molecule has 3 heterocycles. The normalized spacial score (nSPS) is 19.1. The van der Waals surface area contributed by atoms with E-state index in [1.807, 2.05) is 16.5 Å². The molecule has 1 N–H and O–H groups in total. The summed E-state index contributed by atoms with van der Waals surface area (Å²) in [5.41, 5.74) is 2.15. The van der Waals surface area contributed by atoms with Crippen LogP contribution in [0.4, 0.5) is 16.5 Å². The number of thiazole rings is 1. The fourth-order valence-corrected chi connectivity index (χ4v) is 4.18. The first kappa shape index (κ1) is 15.4. The lowest BCUT2D eigenvalue weighted by Gasteiger charge is -2.32. The summed E-state index contributed by atoms with van der Waals surface area (Å²) in [6, 6.07) is 8.79. The molecule has 0 radical (unpaired) electrons. The van der Waals surface area contributed by atoms with Crippen LogP contribution in [0, 0.1) is 0 Å². The second-order valence-electron chi connectivity index (χ2n) is 6.42. The lowest BCUT2D eigenvalue weighted by atomic mass is 10.1. The first-order valence-electron chi connectivity index (χ1n) is 8.61. The Hall–Kier alpha value is -2.08. The summed E-state index contributed by atoms with van der Waals surface area (Å²) in [6.45, 7) is 2.94. The molecule has 2 fully saturated rings. The van der Waals surface area contributed by atoms with E-state index in [0.29, 0.717) is 12.5 Å². The van der Waals surface area contributed by atoms with Crippen LogP contribution in [0.1, 0.15) is 25.7 Å². The van der Waals surface area contributed by atoms with E-state index in [4.69, 9.17) is 0 Å². The molecule has 0 aliphatic carbocycles. The fraction of sp³-hybridized carbons (Fsp3) is 0.444. The van der Waals surface area contributed by atoms with E-state index in [2.05, 4.69) is 39.5 Å². The summed E-state index contributed by atoms with van der Waals surface area (Å²) in [4.78, 5) is 20.5. The van der Waals surface area contributed by atoms with Crippen molar-refractivity contribution in [2.75, 3.05) is 34.8 Å². The fourth-order valence-electron chi connectivity index (χ4n) is 3.48. The van der Waals surface area contributed by atoms with Gasteiger partial charge in [0.1, 0.15) is 0 Å². The minimum atomic E-state index is 0.241. The minimum absolute atomic E-state index is 0.241. The molecule has 0 bridgehead atoms. The number of rotatable bonds is 4. The van der Waals surface area contributed by atoms with Gasteiger partial charge >= 0.3 is 0 Å². The van der Waals surface area contributed by atoms with E-state index < -0.39 is 0 Å². The third kappa shape index (κ3) is 3.24. The molecule has 2 aliphatic rings. The number of hydrogen-bond acceptors (Lipinski definition) is 5. The molecule has 0 unspecified atom stereocenters. The van der Waals surface area contributed by atoms with E-state index in [1.54, 1.807) is 11.3 Å². The number of carbonyl (C=O) groups excluding carboxylic acids is 1. The number of anilines is 3. The number of piperidine rings is 1. The molecule has 5 nitrogen and oxygen atoms in total. The topological polar surface area (TPSA) is 48.5 Å². The van der Waals surface area contributed by atoms with Crippen molar-refractivity contribution in [2.24, 2.45) is 0 Å². The molecule has 2 aromatic rings. The number of hydrogen-bond donors (Lipinski definition) is 1. The summed E-state index contributed by atoms with van der Waals surface area (Å²) in [5.74, 6) is 0.241. The van der Waals surface area contributed by atoms with E-state index in [-0.39, 0.29) is 5.91 Å². The van der Waals surface area contributed by atoms with Gasteiger partial charge in [-0.2, -0.15) is 0 Å². The molecule has 2 saturated heterocycles. The van der Waals surface area contributed by atoms with Crippen molar-refractivity contribution in [3.8, 4) is 0 Å². The van der Waals surface area contributed by atoms with Crippen molar-refractivity contribution in [2.45, 2.75) is 31.7 Å². The predicted molar refractivity (Wildman–Crippen MR) is 99.0 cm³/mol. The molecular weight excluding hydrogens is 320 g/mol. The molecule has 0 spiro atoms. The zero-order valence-corrected chi connectivity index (χ0v) is 14.5. The van der Waals surface area contributed by atoms with Gasteiger partial charge in [-0.1, -0.05) is 0 Å². The third-order valence-electron chi connectivity index (χ3n) is 4.81. The van der Waals surface area contributed by atoms with Gasteiger partial charge in [0, 0.05) is 55.0 Å².